The van der Waals surface area contributed by atoms with Gasteiger partial charge in [0.15, 0.2) is 0 Å². The summed E-state index contributed by atoms with van der Waals surface area (Å²) in [4.78, 5) is 57.5. The number of carboxylic acid groups (broad SMARTS) is 1. The molecule has 3 amide bonds. The van der Waals surface area contributed by atoms with Gasteiger partial charge in [0.1, 0.15) is 17.7 Å². The minimum Gasteiger partial charge on any atom is -0.465 e. The lowest BCUT2D eigenvalue weighted by molar-refractivity contribution is -0.139. The maximum atomic E-state index is 13.9. The number of likely N-dealkylation sites (tertiary alicyclic amines) is 2. The Balaban J connectivity index is 1.02. The summed E-state index contributed by atoms with van der Waals surface area (Å²) in [7, 11) is 1.31. The predicted molar refractivity (Wildman–Crippen MR) is 186 cm³/mol. The number of benzene rings is 2. The van der Waals surface area contributed by atoms with Gasteiger partial charge >= 0.3 is 12.2 Å². The van der Waals surface area contributed by atoms with E-state index < -0.39 is 18.2 Å². The number of aromatic amines is 2. The van der Waals surface area contributed by atoms with E-state index in [0.717, 1.165) is 73.3 Å². The number of H-pyrrole nitrogens is 2. The summed E-state index contributed by atoms with van der Waals surface area (Å²) in [6, 6.07) is 12.2. The van der Waals surface area contributed by atoms with Crippen molar-refractivity contribution in [2.45, 2.75) is 83.0 Å². The van der Waals surface area contributed by atoms with Gasteiger partial charge in [0, 0.05) is 12.6 Å². The highest BCUT2D eigenvalue weighted by Crippen LogP contribution is 2.50. The Kier molecular flexibility index (Phi) is 8.11. The minimum atomic E-state index is -0.903. The van der Waals surface area contributed by atoms with Crippen LogP contribution in [0.4, 0.5) is 9.59 Å². The average molecular weight is 678 g/mol. The SMILES string of the molecule is COC(=O)N[C@H](C(=O)N1[C@@H]2CC[C@@H](C2)[C@H]1c1ncc(-c2ccc3c(c2)CCc2cc(-c4cnc(C5CCCN5C(=O)O)[nH]4)ccc2-3)[nH]1)C(C)C. The molecule has 4 heterocycles. The molecule has 0 spiro atoms. The summed E-state index contributed by atoms with van der Waals surface area (Å²) in [5.41, 5.74) is 8.91. The van der Waals surface area contributed by atoms with E-state index in [9.17, 15) is 19.5 Å². The fraction of sp³-hybridized carbons (Fsp3) is 0.447. The van der Waals surface area contributed by atoms with Crippen LogP contribution in [0.1, 0.15) is 80.8 Å². The number of alkyl carbamates (subject to hydrolysis) is 1. The molecule has 2 aliphatic carbocycles. The molecule has 0 radical (unpaired) electrons. The van der Waals surface area contributed by atoms with Gasteiger partial charge in [-0.1, -0.05) is 38.1 Å². The standard InChI is InChI=1S/C38H43N7O5/c1-20(2)32(43-37(47)50-3)36(46)45-26-11-8-25(17-26)33(45)35-40-19-30(42-35)24-10-13-28-22(16-24)7-6-21-15-23(9-12-27(21)28)29-18-39-34(41-29)31-5-4-14-44(31)38(48)49/h9-10,12-13,15-16,18-20,25-26,31-33H,4-8,11,14,17H2,1-3H3,(H,39,41)(H,40,42)(H,43,47)(H,48,49)/t25-,26+,31?,32-,33-/m0/s1. The van der Waals surface area contributed by atoms with Crippen LogP contribution in [0.25, 0.3) is 33.6 Å². The highest BCUT2D eigenvalue weighted by Gasteiger charge is 2.51. The molecule has 1 unspecified atom stereocenters. The minimum absolute atomic E-state index is 0.0808. The van der Waals surface area contributed by atoms with Crippen molar-refractivity contribution in [3.8, 4) is 33.6 Å². The van der Waals surface area contributed by atoms with Gasteiger partial charge in [-0.15, -0.1) is 0 Å². The third kappa shape index (κ3) is 5.50. The first-order chi connectivity index (χ1) is 24.2. The maximum Gasteiger partial charge on any atom is 0.407 e. The number of imidazole rings is 2. The molecule has 2 aromatic carbocycles. The highest BCUT2D eigenvalue weighted by atomic mass is 16.5. The number of aryl methyl sites for hydroxylation is 2. The maximum absolute atomic E-state index is 13.9. The van der Waals surface area contributed by atoms with Gasteiger partial charge in [-0.3, -0.25) is 9.69 Å². The first-order valence-corrected chi connectivity index (χ1v) is 17.7. The van der Waals surface area contributed by atoms with Gasteiger partial charge in [-0.05, 0) is 102 Å². The number of fused-ring (bicyclic) bond motifs is 5. The van der Waals surface area contributed by atoms with Crippen molar-refractivity contribution in [1.29, 1.82) is 0 Å². The zero-order valence-corrected chi connectivity index (χ0v) is 28.6. The van der Waals surface area contributed by atoms with E-state index in [2.05, 4.69) is 56.7 Å². The van der Waals surface area contributed by atoms with E-state index in [-0.39, 0.29) is 30.0 Å². The van der Waals surface area contributed by atoms with Crippen LogP contribution in [0.2, 0.25) is 0 Å². The molecule has 2 bridgehead atoms. The Morgan fingerprint density at radius 1 is 0.920 bits per heavy atom. The molecule has 2 aliphatic heterocycles. The Morgan fingerprint density at radius 3 is 2.18 bits per heavy atom. The van der Waals surface area contributed by atoms with Crippen molar-refractivity contribution >= 4 is 18.1 Å². The number of carbonyl (C=O) groups is 3. The molecule has 2 aromatic heterocycles. The van der Waals surface area contributed by atoms with Crippen LogP contribution < -0.4 is 5.32 Å². The molecular weight excluding hydrogens is 634 g/mol. The largest absolute Gasteiger partial charge is 0.465 e. The van der Waals surface area contributed by atoms with Gasteiger partial charge in [-0.25, -0.2) is 19.6 Å². The molecule has 1 saturated carbocycles. The number of nitrogens with zero attached hydrogens (tertiary/aromatic N) is 4. The molecule has 5 atom stereocenters. The highest BCUT2D eigenvalue weighted by molar-refractivity contribution is 5.87. The number of amides is 3. The van der Waals surface area contributed by atoms with Gasteiger partial charge in [0.25, 0.3) is 0 Å². The van der Waals surface area contributed by atoms with Gasteiger partial charge < -0.3 is 30.0 Å². The number of aromatic nitrogens is 4. The van der Waals surface area contributed by atoms with Crippen LogP contribution in [0, 0.1) is 11.8 Å². The normalized spacial score (nSPS) is 22.8. The topological polar surface area (TPSA) is 157 Å². The smallest absolute Gasteiger partial charge is 0.407 e. The number of rotatable bonds is 7. The van der Waals surface area contributed by atoms with Crippen LogP contribution in [-0.4, -0.2) is 78.7 Å². The molecule has 3 fully saturated rings. The zero-order chi connectivity index (χ0) is 34.7. The number of piperidine rings is 1. The second kappa shape index (κ2) is 12.6. The van der Waals surface area contributed by atoms with Crippen LogP contribution in [0.3, 0.4) is 0 Å². The van der Waals surface area contributed by atoms with Gasteiger partial charge in [0.2, 0.25) is 5.91 Å². The number of hydrogen-bond donors (Lipinski definition) is 4. The van der Waals surface area contributed by atoms with Crippen molar-refractivity contribution in [2.24, 2.45) is 11.8 Å². The molecule has 12 heteroatoms. The average Bonchev–Trinajstić information content (AvgIpc) is 3.97. The third-order valence-electron chi connectivity index (χ3n) is 11.3. The van der Waals surface area contributed by atoms with Crippen molar-refractivity contribution in [2.75, 3.05) is 13.7 Å². The molecule has 260 valence electrons. The summed E-state index contributed by atoms with van der Waals surface area (Å²) in [6.45, 7) is 4.41. The van der Waals surface area contributed by atoms with E-state index in [1.54, 1.807) is 0 Å². The molecule has 12 nitrogen and oxygen atoms in total. The number of ether oxygens (including phenoxy) is 1. The first-order valence-electron chi connectivity index (χ1n) is 17.7. The van der Waals surface area contributed by atoms with Gasteiger partial charge in [0.05, 0.1) is 43.0 Å². The van der Waals surface area contributed by atoms with Gasteiger partial charge in [-0.2, -0.15) is 0 Å². The lowest BCUT2D eigenvalue weighted by Gasteiger charge is -2.37. The summed E-state index contributed by atoms with van der Waals surface area (Å²) < 4.78 is 4.82. The zero-order valence-electron chi connectivity index (χ0n) is 28.6. The molecule has 8 rings (SSSR count). The van der Waals surface area contributed by atoms with E-state index in [1.807, 2.05) is 31.1 Å². The van der Waals surface area contributed by atoms with E-state index >= 15 is 0 Å². The van der Waals surface area contributed by atoms with E-state index in [4.69, 9.17) is 9.72 Å². The first kappa shape index (κ1) is 32.1. The van der Waals surface area contributed by atoms with Crippen LogP contribution in [-0.2, 0) is 22.4 Å². The van der Waals surface area contributed by atoms with Crippen LogP contribution in [0.5, 0.6) is 0 Å². The van der Waals surface area contributed by atoms with Crippen molar-refractivity contribution < 1.29 is 24.2 Å². The molecule has 50 heavy (non-hydrogen) atoms. The fourth-order valence-electron chi connectivity index (χ4n) is 8.81. The quantitative estimate of drug-likeness (QED) is 0.174. The Labute approximate surface area is 290 Å². The number of hydrogen-bond acceptors (Lipinski definition) is 6. The van der Waals surface area contributed by atoms with Crippen molar-refractivity contribution in [1.82, 2.24) is 35.1 Å². The monoisotopic (exact) mass is 677 g/mol. The van der Waals surface area contributed by atoms with Crippen LogP contribution >= 0.6 is 0 Å². The Morgan fingerprint density at radius 2 is 1.56 bits per heavy atom. The number of nitrogens with one attached hydrogen (secondary N) is 3. The summed E-state index contributed by atoms with van der Waals surface area (Å²) in [6.07, 6.45) is 8.57. The third-order valence-corrected chi connectivity index (χ3v) is 11.3. The molecular formula is C38H43N7O5. The molecule has 2 saturated heterocycles. The second-order valence-corrected chi connectivity index (χ2v) is 14.5. The van der Waals surface area contributed by atoms with Crippen LogP contribution in [0.15, 0.2) is 48.8 Å². The lowest BCUT2D eigenvalue weighted by atomic mass is 9.83. The number of carbonyl (C=O) groups excluding carboxylic acids is 2. The summed E-state index contributed by atoms with van der Waals surface area (Å²) >= 11 is 0. The summed E-state index contributed by atoms with van der Waals surface area (Å²) in [5.74, 6) is 1.65. The molecule has 4 aromatic rings. The fourth-order valence-corrected chi connectivity index (χ4v) is 8.81. The van der Waals surface area contributed by atoms with E-state index in [1.165, 1.54) is 34.3 Å². The molecule has 4 aliphatic rings. The Bertz CT molecular complexity index is 1970. The second-order valence-electron chi connectivity index (χ2n) is 14.5. The Hall–Kier alpha value is -5.13. The summed E-state index contributed by atoms with van der Waals surface area (Å²) in [5, 5.41) is 12.3. The van der Waals surface area contributed by atoms with Crippen molar-refractivity contribution in [3.05, 3.63) is 71.6 Å². The number of methoxy groups -OCH3 is 1. The molecule has 4 N–H and O–H groups in total. The van der Waals surface area contributed by atoms with E-state index in [0.29, 0.717) is 18.3 Å². The van der Waals surface area contributed by atoms with Crippen molar-refractivity contribution in [3.63, 3.8) is 0 Å². The lowest BCUT2D eigenvalue weighted by Crippen LogP contribution is -2.54. The predicted octanol–water partition coefficient (Wildman–Crippen LogP) is 6.48.